The number of nitro benzene ring substituents is 1. The third-order valence-corrected chi connectivity index (χ3v) is 3.37. The number of rotatable bonds is 5. The number of nitro groups is 1. The van der Waals surface area contributed by atoms with E-state index in [-0.39, 0.29) is 5.69 Å². The molecule has 0 aliphatic carbocycles. The fourth-order valence-electron chi connectivity index (χ4n) is 2.30. The van der Waals surface area contributed by atoms with Crippen LogP contribution in [0.25, 0.3) is 0 Å². The van der Waals surface area contributed by atoms with Crippen molar-refractivity contribution in [2.75, 3.05) is 32.1 Å². The number of nitrogens with one attached hydrogen (secondary N) is 2. The lowest BCUT2D eigenvalue weighted by Crippen LogP contribution is -2.33. The Kier molecular flexibility index (Phi) is 4.57. The van der Waals surface area contributed by atoms with E-state index in [0.29, 0.717) is 17.4 Å². The summed E-state index contributed by atoms with van der Waals surface area (Å²) >= 11 is 0. The fraction of sp³-hybridized carbons (Fsp3) is 0.538. The van der Waals surface area contributed by atoms with Crippen LogP contribution in [0.5, 0.6) is 5.75 Å². The summed E-state index contributed by atoms with van der Waals surface area (Å²) in [4.78, 5) is 10.4. The standard InChI is InChI=1S/C13H19N3O3/c1-19-13-5-4-11(16(17)18)7-12(13)15-9-10-3-2-6-14-8-10/h4-5,7,10,14-15H,2-3,6,8-9H2,1H3. The molecule has 1 unspecified atom stereocenters. The van der Waals surface area contributed by atoms with Crippen LogP contribution in [-0.4, -0.2) is 31.7 Å². The van der Waals surface area contributed by atoms with E-state index >= 15 is 0 Å². The minimum atomic E-state index is -0.396. The number of nitrogens with zero attached hydrogens (tertiary/aromatic N) is 1. The summed E-state index contributed by atoms with van der Waals surface area (Å²) in [5.41, 5.74) is 0.757. The lowest BCUT2D eigenvalue weighted by Gasteiger charge is -2.23. The van der Waals surface area contributed by atoms with Crippen LogP contribution in [0.2, 0.25) is 0 Å². The predicted molar refractivity (Wildman–Crippen MR) is 73.7 cm³/mol. The van der Waals surface area contributed by atoms with Gasteiger partial charge >= 0.3 is 0 Å². The van der Waals surface area contributed by atoms with Gasteiger partial charge in [0.05, 0.1) is 17.7 Å². The lowest BCUT2D eigenvalue weighted by atomic mass is 10.00. The van der Waals surface area contributed by atoms with E-state index in [0.717, 1.165) is 19.6 Å². The topological polar surface area (TPSA) is 76.4 Å². The first-order valence-electron chi connectivity index (χ1n) is 6.47. The molecule has 1 aromatic rings. The van der Waals surface area contributed by atoms with Gasteiger partial charge in [0.15, 0.2) is 0 Å². The number of hydrogen-bond acceptors (Lipinski definition) is 5. The van der Waals surface area contributed by atoms with Crippen molar-refractivity contribution < 1.29 is 9.66 Å². The summed E-state index contributed by atoms with van der Waals surface area (Å²) in [6.07, 6.45) is 2.36. The van der Waals surface area contributed by atoms with Crippen LogP contribution in [0.3, 0.4) is 0 Å². The van der Waals surface area contributed by atoms with Crippen LogP contribution in [0.4, 0.5) is 11.4 Å². The van der Waals surface area contributed by atoms with Gasteiger partial charge in [-0.05, 0) is 37.9 Å². The molecule has 1 heterocycles. The van der Waals surface area contributed by atoms with Crippen molar-refractivity contribution in [2.24, 2.45) is 5.92 Å². The average Bonchev–Trinajstić information content (AvgIpc) is 2.45. The van der Waals surface area contributed by atoms with E-state index in [2.05, 4.69) is 10.6 Å². The monoisotopic (exact) mass is 265 g/mol. The lowest BCUT2D eigenvalue weighted by molar-refractivity contribution is -0.384. The summed E-state index contributed by atoms with van der Waals surface area (Å²) in [6, 6.07) is 4.60. The summed E-state index contributed by atoms with van der Waals surface area (Å²) in [5, 5.41) is 17.4. The first kappa shape index (κ1) is 13.6. The van der Waals surface area contributed by atoms with Crippen molar-refractivity contribution in [3.05, 3.63) is 28.3 Å². The normalized spacial score (nSPS) is 18.9. The van der Waals surface area contributed by atoms with E-state index in [9.17, 15) is 10.1 Å². The second-order valence-corrected chi connectivity index (χ2v) is 4.73. The second kappa shape index (κ2) is 6.38. The molecule has 2 N–H and O–H groups in total. The number of ether oxygens (including phenoxy) is 1. The minimum Gasteiger partial charge on any atom is -0.495 e. The largest absolute Gasteiger partial charge is 0.495 e. The van der Waals surface area contributed by atoms with Gasteiger partial charge in [0, 0.05) is 18.7 Å². The molecule has 0 amide bonds. The van der Waals surface area contributed by atoms with E-state index in [1.54, 1.807) is 13.2 Å². The smallest absolute Gasteiger partial charge is 0.271 e. The summed E-state index contributed by atoms with van der Waals surface area (Å²) in [7, 11) is 1.56. The van der Waals surface area contributed by atoms with Crippen LogP contribution in [-0.2, 0) is 0 Å². The molecule has 1 aromatic carbocycles. The van der Waals surface area contributed by atoms with E-state index in [1.165, 1.54) is 25.0 Å². The van der Waals surface area contributed by atoms with Crippen LogP contribution in [0, 0.1) is 16.0 Å². The molecule has 6 heteroatoms. The van der Waals surface area contributed by atoms with E-state index in [1.807, 2.05) is 0 Å². The van der Waals surface area contributed by atoms with Gasteiger partial charge in [0.1, 0.15) is 5.75 Å². The van der Waals surface area contributed by atoms with E-state index in [4.69, 9.17) is 4.74 Å². The maximum absolute atomic E-state index is 10.8. The zero-order valence-electron chi connectivity index (χ0n) is 11.0. The van der Waals surface area contributed by atoms with Crippen LogP contribution in [0.15, 0.2) is 18.2 Å². The van der Waals surface area contributed by atoms with Gasteiger partial charge in [-0.15, -0.1) is 0 Å². The van der Waals surface area contributed by atoms with Gasteiger partial charge < -0.3 is 15.4 Å². The number of piperidine rings is 1. The van der Waals surface area contributed by atoms with Gasteiger partial charge in [-0.3, -0.25) is 10.1 Å². The summed E-state index contributed by atoms with van der Waals surface area (Å²) in [5.74, 6) is 1.19. The maximum Gasteiger partial charge on any atom is 0.271 e. The minimum absolute atomic E-state index is 0.0741. The molecule has 2 rings (SSSR count). The number of anilines is 1. The predicted octanol–water partition coefficient (Wildman–Crippen LogP) is 2.01. The molecule has 1 atom stereocenters. The maximum atomic E-state index is 10.8. The SMILES string of the molecule is COc1ccc([N+](=O)[O-])cc1NCC1CCCNC1. The van der Waals surface area contributed by atoms with Crippen molar-refractivity contribution in [1.29, 1.82) is 0 Å². The van der Waals surface area contributed by atoms with Crippen molar-refractivity contribution >= 4 is 11.4 Å². The third-order valence-electron chi connectivity index (χ3n) is 3.37. The van der Waals surface area contributed by atoms with Crippen molar-refractivity contribution in [3.8, 4) is 5.75 Å². The summed E-state index contributed by atoms with van der Waals surface area (Å²) in [6.45, 7) is 2.87. The van der Waals surface area contributed by atoms with E-state index < -0.39 is 4.92 Å². The second-order valence-electron chi connectivity index (χ2n) is 4.73. The Morgan fingerprint density at radius 1 is 1.58 bits per heavy atom. The molecule has 1 fully saturated rings. The number of non-ortho nitro benzene ring substituents is 1. The third kappa shape index (κ3) is 3.57. The molecule has 104 valence electrons. The van der Waals surface area contributed by atoms with Crippen LogP contribution < -0.4 is 15.4 Å². The van der Waals surface area contributed by atoms with Crippen molar-refractivity contribution in [2.45, 2.75) is 12.8 Å². The van der Waals surface area contributed by atoms with Crippen LogP contribution >= 0.6 is 0 Å². The van der Waals surface area contributed by atoms with Gasteiger partial charge in [-0.25, -0.2) is 0 Å². The zero-order chi connectivity index (χ0) is 13.7. The molecule has 1 aliphatic rings. The van der Waals surface area contributed by atoms with Gasteiger partial charge in [-0.1, -0.05) is 0 Å². The average molecular weight is 265 g/mol. The Hall–Kier alpha value is -1.82. The highest BCUT2D eigenvalue weighted by Gasteiger charge is 2.15. The molecule has 0 bridgehead atoms. The molecule has 19 heavy (non-hydrogen) atoms. The molecule has 0 aromatic heterocycles. The molecule has 1 aliphatic heterocycles. The number of methoxy groups -OCH3 is 1. The molecule has 0 saturated carbocycles. The van der Waals surface area contributed by atoms with Gasteiger partial charge in [-0.2, -0.15) is 0 Å². The molecule has 6 nitrogen and oxygen atoms in total. The number of benzene rings is 1. The quantitative estimate of drug-likeness (QED) is 0.629. The van der Waals surface area contributed by atoms with Crippen LogP contribution in [0.1, 0.15) is 12.8 Å². The first-order valence-corrected chi connectivity index (χ1v) is 6.47. The Bertz CT molecular complexity index is 445. The Morgan fingerprint density at radius 3 is 3.05 bits per heavy atom. The fourth-order valence-corrected chi connectivity index (χ4v) is 2.30. The molecular weight excluding hydrogens is 246 g/mol. The zero-order valence-corrected chi connectivity index (χ0v) is 11.0. The molecular formula is C13H19N3O3. The van der Waals surface area contributed by atoms with Crippen molar-refractivity contribution in [3.63, 3.8) is 0 Å². The van der Waals surface area contributed by atoms with Gasteiger partial charge in [0.2, 0.25) is 0 Å². The molecule has 0 radical (unpaired) electrons. The highest BCUT2D eigenvalue weighted by molar-refractivity contribution is 5.61. The highest BCUT2D eigenvalue weighted by atomic mass is 16.6. The molecule has 1 saturated heterocycles. The Balaban J connectivity index is 2.04. The van der Waals surface area contributed by atoms with Crippen molar-refractivity contribution in [1.82, 2.24) is 5.32 Å². The van der Waals surface area contributed by atoms with Gasteiger partial charge in [0.25, 0.3) is 5.69 Å². The Morgan fingerprint density at radius 2 is 2.42 bits per heavy atom. The highest BCUT2D eigenvalue weighted by Crippen LogP contribution is 2.29. The molecule has 0 spiro atoms. The summed E-state index contributed by atoms with van der Waals surface area (Å²) < 4.78 is 5.22. The first-order chi connectivity index (χ1) is 9.20. The number of hydrogen-bond donors (Lipinski definition) is 2. The Labute approximate surface area is 112 Å².